The van der Waals surface area contributed by atoms with Crippen molar-refractivity contribution in [3.8, 4) is 11.4 Å². The molecule has 0 radical (unpaired) electrons. The lowest BCUT2D eigenvalue weighted by Crippen LogP contribution is -2.50. The highest BCUT2D eigenvalue weighted by atomic mass is 19.4. The van der Waals surface area contributed by atoms with Crippen LogP contribution in [0, 0.1) is 6.92 Å². The molecule has 0 aliphatic carbocycles. The number of anilines is 2. The molecule has 0 spiro atoms. The second-order valence-corrected chi connectivity index (χ2v) is 8.70. The first-order valence-corrected chi connectivity index (χ1v) is 11.6. The van der Waals surface area contributed by atoms with E-state index in [1.807, 2.05) is 55.5 Å². The van der Waals surface area contributed by atoms with Gasteiger partial charge in [-0.15, -0.1) is 0 Å². The molecule has 2 amide bonds. The number of benzene rings is 3. The predicted octanol–water partition coefficient (Wildman–Crippen LogP) is 5.98. The largest absolute Gasteiger partial charge is 0.416 e. The van der Waals surface area contributed by atoms with E-state index >= 15 is 0 Å². The highest BCUT2D eigenvalue weighted by Crippen LogP contribution is 2.31. The van der Waals surface area contributed by atoms with Crippen LogP contribution in [0.4, 0.5) is 29.5 Å². The third kappa shape index (κ3) is 4.95. The summed E-state index contributed by atoms with van der Waals surface area (Å²) in [6.07, 6.45) is -4.39. The quantitative estimate of drug-likeness (QED) is 0.383. The average molecular weight is 492 g/mol. The number of urea groups is 1. The molecule has 1 N–H and O–H groups in total. The van der Waals surface area contributed by atoms with Crippen molar-refractivity contribution in [3.63, 3.8) is 0 Å². The number of amides is 2. The first-order chi connectivity index (χ1) is 17.3. The number of aromatic nitrogens is 2. The molecule has 0 bridgehead atoms. The number of alkyl halides is 3. The van der Waals surface area contributed by atoms with Crippen molar-refractivity contribution in [2.45, 2.75) is 13.1 Å². The number of piperazine rings is 1. The summed E-state index contributed by atoms with van der Waals surface area (Å²) in [6, 6.07) is 20.2. The number of carbonyl (C=O) groups is 1. The maximum Gasteiger partial charge on any atom is 0.416 e. The molecule has 0 saturated carbocycles. The number of rotatable bonds is 3. The Morgan fingerprint density at radius 2 is 1.58 bits per heavy atom. The highest BCUT2D eigenvalue weighted by molar-refractivity contribution is 6.01. The molecule has 1 aromatic heterocycles. The van der Waals surface area contributed by atoms with Gasteiger partial charge < -0.3 is 15.1 Å². The van der Waals surface area contributed by atoms with E-state index in [-0.39, 0.29) is 6.03 Å². The first kappa shape index (κ1) is 23.6. The minimum absolute atomic E-state index is 0.157. The molecule has 1 fully saturated rings. The van der Waals surface area contributed by atoms with Gasteiger partial charge in [0.2, 0.25) is 0 Å². The second-order valence-electron chi connectivity index (χ2n) is 8.70. The van der Waals surface area contributed by atoms with Crippen LogP contribution in [-0.4, -0.2) is 47.1 Å². The number of nitrogens with one attached hydrogen (secondary N) is 1. The maximum absolute atomic E-state index is 12.9. The zero-order valence-electron chi connectivity index (χ0n) is 19.6. The molecule has 4 aromatic rings. The monoisotopic (exact) mass is 491 g/mol. The number of halogens is 3. The van der Waals surface area contributed by atoms with E-state index in [1.54, 1.807) is 4.90 Å². The first-order valence-electron chi connectivity index (χ1n) is 11.6. The Morgan fingerprint density at radius 3 is 2.31 bits per heavy atom. The van der Waals surface area contributed by atoms with Crippen LogP contribution < -0.4 is 10.2 Å². The minimum atomic E-state index is -4.39. The molecular weight excluding hydrogens is 467 g/mol. The van der Waals surface area contributed by atoms with Crippen molar-refractivity contribution in [1.82, 2.24) is 14.9 Å². The van der Waals surface area contributed by atoms with Crippen LogP contribution in [0.15, 0.2) is 72.8 Å². The number of aryl methyl sites for hydroxylation is 1. The average Bonchev–Trinajstić information content (AvgIpc) is 2.88. The Hall–Kier alpha value is -4.14. The van der Waals surface area contributed by atoms with Crippen molar-refractivity contribution in [2.24, 2.45) is 0 Å². The van der Waals surface area contributed by atoms with E-state index < -0.39 is 11.7 Å². The third-order valence-corrected chi connectivity index (χ3v) is 6.23. The molecule has 36 heavy (non-hydrogen) atoms. The fourth-order valence-corrected chi connectivity index (χ4v) is 4.32. The van der Waals surface area contributed by atoms with Gasteiger partial charge in [0, 0.05) is 48.9 Å². The van der Waals surface area contributed by atoms with Crippen molar-refractivity contribution < 1.29 is 18.0 Å². The van der Waals surface area contributed by atoms with Crippen LogP contribution in [-0.2, 0) is 6.18 Å². The number of hydrogen-bond donors (Lipinski definition) is 1. The van der Waals surface area contributed by atoms with Gasteiger partial charge in [0.1, 0.15) is 5.82 Å². The lowest BCUT2D eigenvalue weighted by Gasteiger charge is -2.35. The van der Waals surface area contributed by atoms with Crippen LogP contribution in [0.1, 0.15) is 11.3 Å². The molecule has 3 aromatic carbocycles. The van der Waals surface area contributed by atoms with Crippen molar-refractivity contribution in [2.75, 3.05) is 36.4 Å². The van der Waals surface area contributed by atoms with E-state index in [1.165, 1.54) is 12.1 Å². The van der Waals surface area contributed by atoms with Gasteiger partial charge in [-0.05, 0) is 30.5 Å². The molecule has 0 unspecified atom stereocenters. The summed E-state index contributed by atoms with van der Waals surface area (Å²) in [5.74, 6) is 1.06. The van der Waals surface area contributed by atoms with Crippen molar-refractivity contribution in [3.05, 3.63) is 84.1 Å². The van der Waals surface area contributed by atoms with Crippen LogP contribution in [0.3, 0.4) is 0 Å². The summed E-state index contributed by atoms with van der Waals surface area (Å²) < 4.78 is 38.7. The fraction of sp³-hybridized carbons (Fsp3) is 0.222. The standard InChI is InChI=1S/C27H24F3N5O/c1-18-17-24(33-25(31-18)20-9-11-21(12-10-20)27(28,29)30)34-13-15-35(16-14-34)26(36)32-23-8-4-6-19-5-2-3-7-22(19)23/h2-12,17H,13-16H2,1H3,(H,32,36). The topological polar surface area (TPSA) is 61.4 Å². The Kier molecular flexibility index (Phi) is 6.22. The Morgan fingerprint density at radius 1 is 0.889 bits per heavy atom. The van der Waals surface area contributed by atoms with Gasteiger partial charge in [-0.1, -0.05) is 48.5 Å². The highest BCUT2D eigenvalue weighted by Gasteiger charge is 2.30. The summed E-state index contributed by atoms with van der Waals surface area (Å²) in [4.78, 5) is 25.8. The number of nitrogens with zero attached hydrogens (tertiary/aromatic N) is 4. The van der Waals surface area contributed by atoms with E-state index in [0.29, 0.717) is 49.1 Å². The predicted molar refractivity (Wildman–Crippen MR) is 134 cm³/mol. The minimum Gasteiger partial charge on any atom is -0.353 e. The number of fused-ring (bicyclic) bond motifs is 1. The summed E-state index contributed by atoms with van der Waals surface area (Å²) in [5, 5.41) is 5.07. The van der Waals surface area contributed by atoms with Gasteiger partial charge in [0.15, 0.2) is 5.82 Å². The Balaban J connectivity index is 1.27. The molecule has 9 heteroatoms. The number of carbonyl (C=O) groups excluding carboxylic acids is 1. The molecule has 6 nitrogen and oxygen atoms in total. The van der Waals surface area contributed by atoms with E-state index in [0.717, 1.165) is 28.6 Å². The number of hydrogen-bond acceptors (Lipinski definition) is 4. The van der Waals surface area contributed by atoms with Crippen LogP contribution in [0.5, 0.6) is 0 Å². The van der Waals surface area contributed by atoms with Gasteiger partial charge in [0.25, 0.3) is 0 Å². The summed E-state index contributed by atoms with van der Waals surface area (Å²) in [7, 11) is 0. The molecule has 184 valence electrons. The molecule has 1 saturated heterocycles. The molecule has 1 aliphatic rings. The molecular formula is C27H24F3N5O. The molecule has 5 rings (SSSR count). The maximum atomic E-state index is 12.9. The normalized spacial score (nSPS) is 14.2. The van der Waals surface area contributed by atoms with Gasteiger partial charge in [-0.25, -0.2) is 14.8 Å². The Bertz CT molecular complexity index is 1390. The van der Waals surface area contributed by atoms with Crippen molar-refractivity contribution in [1.29, 1.82) is 0 Å². The lowest BCUT2D eigenvalue weighted by molar-refractivity contribution is -0.137. The van der Waals surface area contributed by atoms with Crippen LogP contribution >= 0.6 is 0 Å². The molecule has 2 heterocycles. The fourth-order valence-electron chi connectivity index (χ4n) is 4.32. The zero-order chi connectivity index (χ0) is 25.3. The smallest absolute Gasteiger partial charge is 0.353 e. The van der Waals surface area contributed by atoms with Gasteiger partial charge in [-0.3, -0.25) is 0 Å². The molecule has 0 atom stereocenters. The summed E-state index contributed by atoms with van der Waals surface area (Å²) in [6.45, 7) is 3.99. The second kappa shape index (κ2) is 9.49. The van der Waals surface area contributed by atoms with E-state index in [2.05, 4.69) is 20.2 Å². The zero-order valence-corrected chi connectivity index (χ0v) is 19.6. The summed E-state index contributed by atoms with van der Waals surface area (Å²) >= 11 is 0. The van der Waals surface area contributed by atoms with E-state index in [4.69, 9.17) is 0 Å². The van der Waals surface area contributed by atoms with Crippen LogP contribution in [0.2, 0.25) is 0 Å². The van der Waals surface area contributed by atoms with Gasteiger partial charge in [0.05, 0.1) is 11.3 Å². The SMILES string of the molecule is Cc1cc(N2CCN(C(=O)Nc3cccc4ccccc34)CC2)nc(-c2ccc(C(F)(F)F)cc2)n1. The lowest BCUT2D eigenvalue weighted by atomic mass is 10.1. The van der Waals surface area contributed by atoms with Gasteiger partial charge in [-0.2, -0.15) is 13.2 Å². The van der Waals surface area contributed by atoms with Gasteiger partial charge >= 0.3 is 12.2 Å². The summed E-state index contributed by atoms with van der Waals surface area (Å²) in [5.41, 5.74) is 1.29. The van der Waals surface area contributed by atoms with E-state index in [9.17, 15) is 18.0 Å². The molecule has 1 aliphatic heterocycles. The van der Waals surface area contributed by atoms with Crippen molar-refractivity contribution >= 4 is 28.3 Å². The third-order valence-electron chi connectivity index (χ3n) is 6.23. The van der Waals surface area contributed by atoms with Crippen LogP contribution in [0.25, 0.3) is 22.2 Å². The Labute approximate surface area is 206 Å².